The third kappa shape index (κ3) is 39.9. The first-order chi connectivity index (χ1) is 29.5. The number of nitrogens with zero attached hydrogens (tertiary/aromatic N) is 1. The second-order valence-electron chi connectivity index (χ2n) is 17.6. The van der Waals surface area contributed by atoms with Gasteiger partial charge >= 0.3 is 29.8 Å². The van der Waals surface area contributed by atoms with Crippen LogP contribution in [-0.4, -0.2) is 87.4 Å². The van der Waals surface area contributed by atoms with Crippen LogP contribution >= 0.6 is 0 Å². The number of carbonyl (C=O) groups excluding carboxylic acids is 5. The van der Waals surface area contributed by atoms with Crippen LogP contribution in [-0.2, 0) is 47.7 Å². The lowest BCUT2D eigenvalue weighted by Crippen LogP contribution is -2.31. The van der Waals surface area contributed by atoms with E-state index in [2.05, 4.69) is 27.7 Å². The maximum absolute atomic E-state index is 12.8. The fourth-order valence-electron chi connectivity index (χ4n) is 7.27. The van der Waals surface area contributed by atoms with Gasteiger partial charge in [-0.3, -0.25) is 24.0 Å². The summed E-state index contributed by atoms with van der Waals surface area (Å²) in [7, 11) is 3.84. The molecule has 0 saturated carbocycles. The first-order valence-electron chi connectivity index (χ1n) is 25.0. The minimum Gasteiger partial charge on any atom is -0.465 e. The summed E-state index contributed by atoms with van der Waals surface area (Å²) in [5, 5.41) is 0. The molecule has 61 heavy (non-hydrogen) atoms. The lowest BCUT2D eigenvalue weighted by atomic mass is 9.96. The van der Waals surface area contributed by atoms with E-state index in [1.165, 1.54) is 77.0 Å². The summed E-state index contributed by atoms with van der Waals surface area (Å²) in [6, 6.07) is 0. The van der Waals surface area contributed by atoms with E-state index >= 15 is 0 Å². The Morgan fingerprint density at radius 3 is 1.23 bits per heavy atom. The van der Waals surface area contributed by atoms with E-state index in [9.17, 15) is 24.0 Å². The maximum atomic E-state index is 12.8. The molecule has 358 valence electrons. The first kappa shape index (κ1) is 58.3. The number of ether oxygens (including phenoxy) is 5. The third-order valence-electron chi connectivity index (χ3n) is 11.1. The Labute approximate surface area is 373 Å². The van der Waals surface area contributed by atoms with E-state index in [1.807, 2.05) is 19.0 Å². The van der Waals surface area contributed by atoms with Crippen LogP contribution in [0.3, 0.4) is 0 Å². The predicted molar refractivity (Wildman–Crippen MR) is 245 cm³/mol. The van der Waals surface area contributed by atoms with Crippen molar-refractivity contribution in [2.24, 2.45) is 5.92 Å². The number of hydrogen-bond donors (Lipinski definition) is 0. The molecule has 0 aliphatic rings. The summed E-state index contributed by atoms with van der Waals surface area (Å²) in [6.45, 7) is 9.53. The molecular weight excluding hydrogens is 775 g/mol. The molecule has 0 saturated heterocycles. The minimum absolute atomic E-state index is 0.0178. The van der Waals surface area contributed by atoms with E-state index in [0.717, 1.165) is 64.2 Å². The molecule has 0 aromatic rings. The van der Waals surface area contributed by atoms with Crippen LogP contribution in [0, 0.1) is 5.92 Å². The average molecular weight is 868 g/mol. The minimum atomic E-state index is -0.947. The second-order valence-corrected chi connectivity index (χ2v) is 17.6. The fourth-order valence-corrected chi connectivity index (χ4v) is 7.27. The summed E-state index contributed by atoms with van der Waals surface area (Å²) in [5.74, 6) is -1.48. The van der Waals surface area contributed by atoms with Crippen LogP contribution in [0.1, 0.15) is 233 Å². The number of hydrogen-bond acceptors (Lipinski definition) is 11. The third-order valence-corrected chi connectivity index (χ3v) is 11.1. The Bertz CT molecular complexity index is 1070. The monoisotopic (exact) mass is 868 g/mol. The topological polar surface area (TPSA) is 135 Å². The standard InChI is InChI=1S/C50H93NO10/c1-7-11-15-18-20-24-32-44(33-25-21-19-16-12-8-2)60-49(55)37-28-36-48(54)59-42-45(61-50(56)38-29-39-51(5)6)41-58-47(53)35-27-22-26-34-46(52)57-40-43(30-14-10-4)31-23-17-13-9-3/h43-45H,7-42H2,1-6H3. The molecule has 0 aromatic heterocycles. The highest BCUT2D eigenvalue weighted by Gasteiger charge is 2.21. The molecule has 0 spiro atoms. The Morgan fingerprint density at radius 1 is 0.361 bits per heavy atom. The molecule has 0 N–H and O–H groups in total. The Balaban J connectivity index is 4.78. The van der Waals surface area contributed by atoms with Crippen molar-refractivity contribution in [3.8, 4) is 0 Å². The van der Waals surface area contributed by atoms with Crippen molar-refractivity contribution in [2.45, 2.75) is 245 Å². The van der Waals surface area contributed by atoms with E-state index in [4.69, 9.17) is 23.7 Å². The van der Waals surface area contributed by atoms with Gasteiger partial charge in [0.1, 0.15) is 19.3 Å². The number of carbonyl (C=O) groups is 5. The molecule has 0 radical (unpaired) electrons. The molecular formula is C50H93NO10. The fraction of sp³-hybridized carbons (Fsp3) is 0.900. The van der Waals surface area contributed by atoms with Gasteiger partial charge in [-0.1, -0.05) is 137 Å². The summed E-state index contributed by atoms with van der Waals surface area (Å²) in [4.78, 5) is 65.1. The van der Waals surface area contributed by atoms with Crippen LogP contribution in [0.15, 0.2) is 0 Å². The molecule has 11 heteroatoms. The van der Waals surface area contributed by atoms with Crippen LogP contribution in [0.5, 0.6) is 0 Å². The van der Waals surface area contributed by atoms with Gasteiger partial charge < -0.3 is 28.6 Å². The van der Waals surface area contributed by atoms with E-state index in [-0.39, 0.29) is 56.9 Å². The summed E-state index contributed by atoms with van der Waals surface area (Å²) in [5.41, 5.74) is 0. The zero-order valence-corrected chi connectivity index (χ0v) is 40.2. The van der Waals surface area contributed by atoms with Crippen molar-refractivity contribution < 1.29 is 47.7 Å². The molecule has 0 aromatic carbocycles. The zero-order valence-electron chi connectivity index (χ0n) is 40.2. The van der Waals surface area contributed by atoms with Gasteiger partial charge in [-0.15, -0.1) is 0 Å². The molecule has 0 fully saturated rings. The van der Waals surface area contributed by atoms with Crippen molar-refractivity contribution in [3.63, 3.8) is 0 Å². The molecule has 0 aliphatic carbocycles. The maximum Gasteiger partial charge on any atom is 0.306 e. The molecule has 2 atom stereocenters. The van der Waals surface area contributed by atoms with Crippen molar-refractivity contribution in [2.75, 3.05) is 40.5 Å². The highest BCUT2D eigenvalue weighted by atomic mass is 16.6. The van der Waals surface area contributed by atoms with Gasteiger partial charge in [-0.05, 0) is 90.8 Å². The number of esters is 5. The predicted octanol–water partition coefficient (Wildman–Crippen LogP) is 12.2. The Hall–Kier alpha value is -2.69. The van der Waals surface area contributed by atoms with E-state index < -0.39 is 24.0 Å². The zero-order chi connectivity index (χ0) is 45.2. The van der Waals surface area contributed by atoms with Crippen molar-refractivity contribution in [1.82, 2.24) is 4.90 Å². The van der Waals surface area contributed by atoms with Crippen molar-refractivity contribution in [3.05, 3.63) is 0 Å². The first-order valence-corrected chi connectivity index (χ1v) is 25.0. The van der Waals surface area contributed by atoms with Gasteiger partial charge in [-0.25, -0.2) is 0 Å². The lowest BCUT2D eigenvalue weighted by molar-refractivity contribution is -0.167. The van der Waals surface area contributed by atoms with Gasteiger partial charge in [0.2, 0.25) is 0 Å². The molecule has 2 unspecified atom stereocenters. The largest absolute Gasteiger partial charge is 0.465 e. The lowest BCUT2D eigenvalue weighted by Gasteiger charge is -2.19. The summed E-state index contributed by atoms with van der Waals surface area (Å²) in [6.07, 6.45) is 27.9. The van der Waals surface area contributed by atoms with Gasteiger partial charge in [-0.2, -0.15) is 0 Å². The SMILES string of the molecule is CCCCCCCCC(CCCCCCCC)OC(=O)CCCC(=O)OCC(COC(=O)CCCCCC(=O)OCC(CCCC)CCCCCC)OC(=O)CCCN(C)C. The average Bonchev–Trinajstić information content (AvgIpc) is 3.23. The molecule has 0 heterocycles. The van der Waals surface area contributed by atoms with Crippen LogP contribution in [0.4, 0.5) is 0 Å². The molecule has 0 rings (SSSR count). The number of rotatable bonds is 44. The smallest absolute Gasteiger partial charge is 0.306 e. The van der Waals surface area contributed by atoms with Crippen molar-refractivity contribution in [1.29, 1.82) is 0 Å². The number of unbranched alkanes of at least 4 members (excludes halogenated alkanes) is 16. The molecule has 0 aliphatic heterocycles. The second kappa shape index (κ2) is 42.6. The van der Waals surface area contributed by atoms with Crippen molar-refractivity contribution >= 4 is 29.8 Å². The van der Waals surface area contributed by atoms with Crippen LogP contribution in [0.25, 0.3) is 0 Å². The van der Waals surface area contributed by atoms with E-state index in [1.54, 1.807) is 0 Å². The highest BCUT2D eigenvalue weighted by molar-refractivity contribution is 5.73. The Morgan fingerprint density at radius 2 is 0.721 bits per heavy atom. The molecule has 0 amide bonds. The summed E-state index contributed by atoms with van der Waals surface area (Å²) >= 11 is 0. The quantitative estimate of drug-likeness (QED) is 0.0329. The Kier molecular flexibility index (Phi) is 40.7. The van der Waals surface area contributed by atoms with Gasteiger partial charge in [0, 0.05) is 32.1 Å². The van der Waals surface area contributed by atoms with E-state index in [0.29, 0.717) is 57.6 Å². The van der Waals surface area contributed by atoms with Crippen LogP contribution in [0.2, 0.25) is 0 Å². The molecule has 11 nitrogen and oxygen atoms in total. The van der Waals surface area contributed by atoms with Gasteiger partial charge in [0.15, 0.2) is 6.10 Å². The van der Waals surface area contributed by atoms with Gasteiger partial charge in [0.25, 0.3) is 0 Å². The normalized spacial score (nSPS) is 12.3. The molecule has 0 bridgehead atoms. The van der Waals surface area contributed by atoms with Gasteiger partial charge in [0.05, 0.1) is 6.61 Å². The van der Waals surface area contributed by atoms with Crippen LogP contribution < -0.4 is 0 Å². The summed E-state index contributed by atoms with van der Waals surface area (Å²) < 4.78 is 28.0. The highest BCUT2D eigenvalue weighted by Crippen LogP contribution is 2.20.